The van der Waals surface area contributed by atoms with Crippen molar-refractivity contribution in [2.45, 2.75) is 18.2 Å². The molecule has 0 aliphatic heterocycles. The van der Waals surface area contributed by atoms with Crippen LogP contribution in [0.2, 0.25) is 0 Å². The molecule has 1 atom stereocenters. The number of halogens is 1. The molecule has 0 spiro atoms. The molecule has 0 saturated heterocycles. The van der Waals surface area contributed by atoms with Crippen LogP contribution in [0.5, 0.6) is 0 Å². The minimum absolute atomic E-state index is 0.551. The van der Waals surface area contributed by atoms with Crippen LogP contribution in [-0.4, -0.2) is 9.81 Å². The van der Waals surface area contributed by atoms with Crippen molar-refractivity contribution < 1.29 is 0 Å². The summed E-state index contributed by atoms with van der Waals surface area (Å²) in [5, 5.41) is 0. The largest absolute Gasteiger partial charge is 0.265 e. The van der Waals surface area contributed by atoms with Crippen LogP contribution < -0.4 is 0 Å². The predicted molar refractivity (Wildman–Crippen MR) is 46.3 cm³/mol. The second-order valence-corrected chi connectivity index (χ2v) is 3.90. The first-order valence-corrected chi connectivity index (χ1v) is 4.23. The van der Waals surface area contributed by atoms with Crippen molar-refractivity contribution in [3.8, 4) is 0 Å². The SMILES string of the molecule is C[C@@H](Br)Cc1ccncc1. The van der Waals surface area contributed by atoms with Gasteiger partial charge in [-0.25, -0.2) is 0 Å². The third-order valence-electron chi connectivity index (χ3n) is 1.27. The molecule has 54 valence electrons. The minimum Gasteiger partial charge on any atom is -0.265 e. The van der Waals surface area contributed by atoms with Gasteiger partial charge in [0.2, 0.25) is 0 Å². The fraction of sp³-hybridized carbons (Fsp3) is 0.375. The topological polar surface area (TPSA) is 12.9 Å². The Bertz CT molecular complexity index is 184. The molecule has 2 heteroatoms. The molecule has 1 heterocycles. The van der Waals surface area contributed by atoms with Crippen molar-refractivity contribution >= 4 is 15.9 Å². The lowest BCUT2D eigenvalue weighted by Gasteiger charge is -2.00. The van der Waals surface area contributed by atoms with E-state index in [1.165, 1.54) is 5.56 Å². The number of alkyl halides is 1. The zero-order valence-electron chi connectivity index (χ0n) is 5.92. The molecule has 1 nitrogen and oxygen atoms in total. The summed E-state index contributed by atoms with van der Waals surface area (Å²) < 4.78 is 0. The molecule has 0 aliphatic carbocycles. The van der Waals surface area contributed by atoms with Crippen molar-refractivity contribution in [3.63, 3.8) is 0 Å². The molecule has 0 amide bonds. The third kappa shape index (κ3) is 2.48. The summed E-state index contributed by atoms with van der Waals surface area (Å²) in [5.74, 6) is 0. The molecular formula is C8H10BrN. The Labute approximate surface area is 69.6 Å². The van der Waals surface area contributed by atoms with Crippen LogP contribution in [0.1, 0.15) is 12.5 Å². The molecule has 0 fully saturated rings. The number of rotatable bonds is 2. The molecule has 1 rings (SSSR count). The van der Waals surface area contributed by atoms with Gasteiger partial charge in [-0.05, 0) is 24.1 Å². The Balaban J connectivity index is 2.59. The van der Waals surface area contributed by atoms with Crippen LogP contribution in [0.4, 0.5) is 0 Å². The van der Waals surface area contributed by atoms with Crippen LogP contribution in [-0.2, 0) is 6.42 Å². The van der Waals surface area contributed by atoms with Gasteiger partial charge in [0.05, 0.1) is 0 Å². The normalized spacial score (nSPS) is 13.0. The highest BCUT2D eigenvalue weighted by molar-refractivity contribution is 9.09. The van der Waals surface area contributed by atoms with Gasteiger partial charge in [-0.1, -0.05) is 22.9 Å². The van der Waals surface area contributed by atoms with Crippen molar-refractivity contribution in [2.75, 3.05) is 0 Å². The van der Waals surface area contributed by atoms with Gasteiger partial charge < -0.3 is 0 Å². The summed E-state index contributed by atoms with van der Waals surface area (Å²) in [7, 11) is 0. The second kappa shape index (κ2) is 3.71. The smallest absolute Gasteiger partial charge is 0.0270 e. The lowest BCUT2D eigenvalue weighted by atomic mass is 10.2. The van der Waals surface area contributed by atoms with Crippen LogP contribution in [0.3, 0.4) is 0 Å². The average Bonchev–Trinajstić information content (AvgIpc) is 1.88. The molecule has 10 heavy (non-hydrogen) atoms. The maximum Gasteiger partial charge on any atom is 0.0270 e. The third-order valence-corrected chi connectivity index (χ3v) is 1.59. The quantitative estimate of drug-likeness (QED) is 0.668. The predicted octanol–water partition coefficient (Wildman–Crippen LogP) is 2.41. The van der Waals surface area contributed by atoms with Crippen LogP contribution in [0, 0.1) is 0 Å². The van der Waals surface area contributed by atoms with E-state index in [2.05, 4.69) is 27.8 Å². The summed E-state index contributed by atoms with van der Waals surface area (Å²) in [6, 6.07) is 4.08. The maximum atomic E-state index is 3.94. The molecule has 1 aromatic heterocycles. The van der Waals surface area contributed by atoms with E-state index in [0.29, 0.717) is 4.83 Å². The van der Waals surface area contributed by atoms with Gasteiger partial charge >= 0.3 is 0 Å². The Morgan fingerprint density at radius 1 is 1.50 bits per heavy atom. The molecule has 0 saturated carbocycles. The van der Waals surface area contributed by atoms with Crippen molar-refractivity contribution in [3.05, 3.63) is 30.1 Å². The molecule has 0 aromatic carbocycles. The van der Waals surface area contributed by atoms with Crippen LogP contribution >= 0.6 is 15.9 Å². The highest BCUT2D eigenvalue weighted by Crippen LogP contribution is 2.07. The first kappa shape index (κ1) is 7.73. The molecule has 0 aliphatic rings. The summed E-state index contributed by atoms with van der Waals surface area (Å²) in [4.78, 5) is 4.49. The molecule has 0 radical (unpaired) electrons. The van der Waals surface area contributed by atoms with Crippen molar-refractivity contribution in [1.29, 1.82) is 0 Å². The van der Waals surface area contributed by atoms with Crippen LogP contribution in [0.25, 0.3) is 0 Å². The lowest BCUT2D eigenvalue weighted by Crippen LogP contribution is -1.95. The molecule has 0 unspecified atom stereocenters. The van der Waals surface area contributed by atoms with E-state index >= 15 is 0 Å². The second-order valence-electron chi connectivity index (χ2n) is 2.34. The number of hydrogen-bond acceptors (Lipinski definition) is 1. The van der Waals surface area contributed by atoms with Gasteiger partial charge in [-0.3, -0.25) is 4.98 Å². The van der Waals surface area contributed by atoms with E-state index in [0.717, 1.165) is 6.42 Å². The first-order valence-electron chi connectivity index (χ1n) is 3.32. The van der Waals surface area contributed by atoms with Gasteiger partial charge in [0.15, 0.2) is 0 Å². The lowest BCUT2D eigenvalue weighted by molar-refractivity contribution is 0.955. The number of pyridine rings is 1. The number of hydrogen-bond donors (Lipinski definition) is 0. The van der Waals surface area contributed by atoms with E-state index in [1.54, 1.807) is 0 Å². The monoisotopic (exact) mass is 199 g/mol. The van der Waals surface area contributed by atoms with Gasteiger partial charge in [-0.2, -0.15) is 0 Å². The fourth-order valence-electron chi connectivity index (χ4n) is 0.844. The minimum atomic E-state index is 0.551. The Morgan fingerprint density at radius 3 is 2.60 bits per heavy atom. The van der Waals surface area contributed by atoms with Crippen molar-refractivity contribution in [2.24, 2.45) is 0 Å². The summed E-state index contributed by atoms with van der Waals surface area (Å²) in [6.07, 6.45) is 4.72. The highest BCUT2D eigenvalue weighted by Gasteiger charge is 1.96. The molecule has 0 bridgehead atoms. The molecule has 1 aromatic rings. The standard InChI is InChI=1S/C8H10BrN/c1-7(9)6-8-2-4-10-5-3-8/h2-5,7H,6H2,1H3/t7-/m1/s1. The van der Waals surface area contributed by atoms with E-state index < -0.39 is 0 Å². The van der Waals surface area contributed by atoms with E-state index in [9.17, 15) is 0 Å². The van der Waals surface area contributed by atoms with E-state index in [4.69, 9.17) is 0 Å². The van der Waals surface area contributed by atoms with Gasteiger partial charge in [0.1, 0.15) is 0 Å². The van der Waals surface area contributed by atoms with Gasteiger partial charge in [0.25, 0.3) is 0 Å². The number of nitrogens with zero attached hydrogens (tertiary/aromatic N) is 1. The van der Waals surface area contributed by atoms with Gasteiger partial charge in [0, 0.05) is 17.2 Å². The zero-order chi connectivity index (χ0) is 7.40. The summed E-state index contributed by atoms with van der Waals surface area (Å²) in [5.41, 5.74) is 1.33. The summed E-state index contributed by atoms with van der Waals surface area (Å²) in [6.45, 7) is 2.14. The fourth-order valence-corrected chi connectivity index (χ4v) is 1.22. The first-order chi connectivity index (χ1) is 4.79. The Kier molecular flexibility index (Phi) is 2.87. The number of aromatic nitrogens is 1. The Morgan fingerprint density at radius 2 is 2.10 bits per heavy atom. The average molecular weight is 200 g/mol. The van der Waals surface area contributed by atoms with Gasteiger partial charge in [-0.15, -0.1) is 0 Å². The zero-order valence-corrected chi connectivity index (χ0v) is 7.51. The van der Waals surface area contributed by atoms with Crippen molar-refractivity contribution in [1.82, 2.24) is 4.98 Å². The van der Waals surface area contributed by atoms with E-state index in [1.807, 2.05) is 24.5 Å². The summed E-state index contributed by atoms with van der Waals surface area (Å²) >= 11 is 3.49. The van der Waals surface area contributed by atoms with E-state index in [-0.39, 0.29) is 0 Å². The maximum absolute atomic E-state index is 3.94. The molecular weight excluding hydrogens is 190 g/mol. The molecule has 0 N–H and O–H groups in total. The highest BCUT2D eigenvalue weighted by atomic mass is 79.9. The van der Waals surface area contributed by atoms with Crippen LogP contribution in [0.15, 0.2) is 24.5 Å². The Hall–Kier alpha value is -0.370.